The number of carbonyl (C=O) groups excluding carboxylic acids is 1. The largest absolute Gasteiger partial charge is 0.480 e. The zero-order chi connectivity index (χ0) is 19.3. The average Bonchev–Trinajstić information content (AvgIpc) is 2.97. The summed E-state index contributed by atoms with van der Waals surface area (Å²) < 4.78 is 0. The number of amides is 1. The van der Waals surface area contributed by atoms with Gasteiger partial charge in [-0.15, -0.1) is 12.4 Å². The summed E-state index contributed by atoms with van der Waals surface area (Å²) in [5, 5.41) is 13.4. The number of hydrogen-bond donors (Lipinski definition) is 4. The Morgan fingerprint density at radius 2 is 2.04 bits per heavy atom. The van der Waals surface area contributed by atoms with Crippen molar-refractivity contribution < 1.29 is 14.7 Å². The van der Waals surface area contributed by atoms with Crippen LogP contribution in [0.1, 0.15) is 25.5 Å². The summed E-state index contributed by atoms with van der Waals surface area (Å²) in [4.78, 5) is 27.8. The summed E-state index contributed by atoms with van der Waals surface area (Å²) in [6.45, 7) is 5.26. The molecule has 1 aromatic carbocycles. The zero-order valence-electron chi connectivity index (χ0n) is 15.6. The van der Waals surface area contributed by atoms with E-state index in [2.05, 4.69) is 40.4 Å². The topological polar surface area (TPSA) is 120 Å². The van der Waals surface area contributed by atoms with E-state index >= 15 is 0 Å². The van der Waals surface area contributed by atoms with E-state index in [4.69, 9.17) is 10.8 Å². The van der Waals surface area contributed by atoms with Gasteiger partial charge in [-0.25, -0.2) is 4.99 Å². The summed E-state index contributed by atoms with van der Waals surface area (Å²) in [5.74, 6) is -0.777. The predicted molar refractivity (Wildman–Crippen MR) is 108 cm³/mol. The van der Waals surface area contributed by atoms with Crippen LogP contribution in [0.3, 0.4) is 0 Å². The second-order valence-electron chi connectivity index (χ2n) is 6.50. The minimum absolute atomic E-state index is 0. The molecule has 148 valence electrons. The summed E-state index contributed by atoms with van der Waals surface area (Å²) in [6.07, 6.45) is 1.81. The maximum absolute atomic E-state index is 11.6. The summed E-state index contributed by atoms with van der Waals surface area (Å²) >= 11 is 0. The van der Waals surface area contributed by atoms with Gasteiger partial charge >= 0.3 is 5.97 Å². The smallest absolute Gasteiger partial charge is 0.317 e. The third-order valence-electron chi connectivity index (χ3n) is 3.86. The van der Waals surface area contributed by atoms with Gasteiger partial charge in [0.15, 0.2) is 0 Å². The monoisotopic (exact) mass is 395 g/mol. The van der Waals surface area contributed by atoms with Crippen LogP contribution in [-0.4, -0.2) is 48.4 Å². The third-order valence-corrected chi connectivity index (χ3v) is 3.86. The first-order valence-corrected chi connectivity index (χ1v) is 8.41. The Morgan fingerprint density at radius 1 is 1.37 bits per heavy atom. The van der Waals surface area contributed by atoms with E-state index < -0.39 is 11.9 Å². The molecule has 0 aromatic heterocycles. The minimum atomic E-state index is -0.822. The van der Waals surface area contributed by atoms with E-state index in [-0.39, 0.29) is 25.0 Å². The van der Waals surface area contributed by atoms with Gasteiger partial charge in [-0.05, 0) is 19.0 Å². The van der Waals surface area contributed by atoms with Crippen LogP contribution >= 0.6 is 12.4 Å². The Labute approximate surface area is 164 Å². The van der Waals surface area contributed by atoms with Crippen molar-refractivity contribution in [1.29, 1.82) is 0 Å². The third kappa shape index (κ3) is 5.45. The van der Waals surface area contributed by atoms with Crippen molar-refractivity contribution in [2.45, 2.75) is 19.9 Å². The number of para-hydroxylation sites is 1. The molecule has 9 heteroatoms. The van der Waals surface area contributed by atoms with E-state index in [0.29, 0.717) is 11.6 Å². The van der Waals surface area contributed by atoms with Crippen molar-refractivity contribution in [3.63, 3.8) is 0 Å². The molecule has 27 heavy (non-hydrogen) atoms. The molecule has 2 heterocycles. The fourth-order valence-electron chi connectivity index (χ4n) is 2.92. The van der Waals surface area contributed by atoms with Gasteiger partial charge in [0.05, 0.1) is 18.6 Å². The number of anilines is 1. The Morgan fingerprint density at radius 3 is 2.56 bits per heavy atom. The van der Waals surface area contributed by atoms with Crippen LogP contribution in [-0.2, 0) is 9.59 Å². The van der Waals surface area contributed by atoms with Crippen LogP contribution in [0.15, 0.2) is 40.7 Å². The highest BCUT2D eigenvalue weighted by Crippen LogP contribution is 2.42. The number of primary amides is 1. The Balaban J connectivity index is 0.000000456. The van der Waals surface area contributed by atoms with E-state index in [1.165, 1.54) is 0 Å². The first kappa shape index (κ1) is 22.5. The number of carboxylic acid groups (broad SMARTS) is 1. The van der Waals surface area contributed by atoms with E-state index in [0.717, 1.165) is 23.5 Å². The Bertz CT molecular complexity index is 748. The molecule has 0 spiro atoms. The van der Waals surface area contributed by atoms with Crippen molar-refractivity contribution in [3.05, 3.63) is 41.2 Å². The fourth-order valence-corrected chi connectivity index (χ4v) is 2.92. The van der Waals surface area contributed by atoms with Crippen LogP contribution in [0.2, 0.25) is 0 Å². The van der Waals surface area contributed by atoms with Gasteiger partial charge in [0.25, 0.3) is 5.91 Å². The number of likely N-dealkylation sites (N-methyl/N-ethyl adjacent to an activating group) is 1. The number of benzene rings is 1. The SMILES string of the molecule is CC(C)CN1C=NC2=C(C(N)=O)Nc3ccccc3C21.CNCC(=O)O.Cl. The van der Waals surface area contributed by atoms with Crippen LogP contribution in [0.4, 0.5) is 5.69 Å². The molecule has 3 rings (SSSR count). The van der Waals surface area contributed by atoms with Gasteiger partial charge in [0.2, 0.25) is 0 Å². The predicted octanol–water partition coefficient (Wildman–Crippen LogP) is 1.56. The number of hydrogen-bond acceptors (Lipinski definition) is 6. The summed E-state index contributed by atoms with van der Waals surface area (Å²) in [5.41, 5.74) is 8.65. The lowest BCUT2D eigenvalue weighted by Crippen LogP contribution is -2.33. The number of halogens is 1. The lowest BCUT2D eigenvalue weighted by molar-refractivity contribution is -0.135. The number of nitrogens with two attached hydrogens (primary N) is 1. The maximum Gasteiger partial charge on any atom is 0.317 e. The molecule has 0 bridgehead atoms. The fraction of sp³-hybridized carbons (Fsp3) is 0.389. The second-order valence-corrected chi connectivity index (χ2v) is 6.50. The van der Waals surface area contributed by atoms with E-state index in [1.807, 2.05) is 24.5 Å². The molecule has 0 saturated heterocycles. The molecule has 8 nitrogen and oxygen atoms in total. The van der Waals surface area contributed by atoms with Crippen LogP contribution in [0.5, 0.6) is 0 Å². The lowest BCUT2D eigenvalue weighted by atomic mass is 9.95. The molecule has 0 saturated carbocycles. The van der Waals surface area contributed by atoms with Gasteiger partial charge in [-0.2, -0.15) is 0 Å². The number of aliphatic carboxylic acids is 1. The standard InChI is InChI=1S/C15H18N4O.C3H7NO2.ClH/c1-9(2)7-19-8-17-12-13(15(16)20)18-11-6-4-3-5-10(11)14(12)19;1-4-2-3(5)6;/h3-6,8-9,14,18H,7H2,1-2H3,(H2,16,20);4H,2H2,1H3,(H,5,6);1H. The zero-order valence-corrected chi connectivity index (χ0v) is 16.4. The number of nitrogens with one attached hydrogen (secondary N) is 2. The maximum atomic E-state index is 11.6. The molecule has 5 N–H and O–H groups in total. The first-order chi connectivity index (χ1) is 12.3. The van der Waals surface area contributed by atoms with Crippen LogP contribution in [0.25, 0.3) is 0 Å². The number of nitrogens with zero attached hydrogens (tertiary/aromatic N) is 2. The molecule has 2 aliphatic rings. The van der Waals surface area contributed by atoms with Crippen molar-refractivity contribution in [3.8, 4) is 0 Å². The molecule has 1 unspecified atom stereocenters. The van der Waals surface area contributed by atoms with Crippen LogP contribution in [0, 0.1) is 5.92 Å². The molecule has 1 atom stereocenters. The summed E-state index contributed by atoms with van der Waals surface area (Å²) in [6, 6.07) is 7.95. The minimum Gasteiger partial charge on any atom is -0.480 e. The van der Waals surface area contributed by atoms with Gasteiger partial charge in [-0.3, -0.25) is 9.59 Å². The highest BCUT2D eigenvalue weighted by molar-refractivity contribution is 5.98. The number of fused-ring (bicyclic) bond motifs is 3. The first-order valence-electron chi connectivity index (χ1n) is 8.41. The summed E-state index contributed by atoms with van der Waals surface area (Å²) in [7, 11) is 1.59. The lowest BCUT2D eigenvalue weighted by Gasteiger charge is -2.32. The highest BCUT2D eigenvalue weighted by atomic mass is 35.5. The van der Waals surface area contributed by atoms with E-state index in [1.54, 1.807) is 7.05 Å². The van der Waals surface area contributed by atoms with Gasteiger partial charge in [-0.1, -0.05) is 32.0 Å². The number of carboxylic acids is 1. The van der Waals surface area contributed by atoms with E-state index in [9.17, 15) is 9.59 Å². The van der Waals surface area contributed by atoms with Crippen molar-refractivity contribution >= 4 is 36.3 Å². The number of carbonyl (C=O) groups is 2. The number of aliphatic imine (C=N–C) groups is 1. The molecule has 0 fully saturated rings. The highest BCUT2D eigenvalue weighted by Gasteiger charge is 2.36. The molecule has 2 aliphatic heterocycles. The molecular weight excluding hydrogens is 370 g/mol. The molecule has 1 aromatic rings. The molecular formula is C18H26ClN5O3. The molecule has 1 amide bonds. The van der Waals surface area contributed by atoms with Crippen molar-refractivity contribution in [2.24, 2.45) is 16.6 Å². The molecule has 0 aliphatic carbocycles. The van der Waals surface area contributed by atoms with Gasteiger partial charge in [0, 0.05) is 17.8 Å². The Hall–Kier alpha value is -2.58. The average molecular weight is 396 g/mol. The number of rotatable bonds is 5. The van der Waals surface area contributed by atoms with Crippen molar-refractivity contribution in [1.82, 2.24) is 10.2 Å². The normalized spacial score (nSPS) is 16.6. The van der Waals surface area contributed by atoms with Crippen molar-refractivity contribution in [2.75, 3.05) is 25.5 Å². The quantitative estimate of drug-likeness (QED) is 0.600. The Kier molecular flexibility index (Phi) is 8.27. The van der Waals surface area contributed by atoms with Crippen LogP contribution < -0.4 is 16.4 Å². The van der Waals surface area contributed by atoms with Gasteiger partial charge < -0.3 is 26.4 Å². The second kappa shape index (κ2) is 9.94. The van der Waals surface area contributed by atoms with Gasteiger partial charge in [0.1, 0.15) is 11.7 Å². The molecule has 0 radical (unpaired) electrons.